The predicted octanol–water partition coefficient (Wildman–Crippen LogP) is 2.14. The summed E-state index contributed by atoms with van der Waals surface area (Å²) >= 11 is 0. The molecule has 0 saturated carbocycles. The lowest BCUT2D eigenvalue weighted by molar-refractivity contribution is 0.0926. The first-order valence-corrected chi connectivity index (χ1v) is 11.1. The third kappa shape index (κ3) is 5.31. The van der Waals surface area contributed by atoms with Crippen LogP contribution in [0.25, 0.3) is 0 Å². The standard InChI is InChI=1S/C24H29N5O3/c1-18-14-22(30)23(24(31)26-11-12-28-17-25-16-27-28)21(10-9-19-6-3-2-4-7-19)29(18)15-20-8-5-13-32-20/h2-4,6-7,14,16-17,20H,5,8-13,15H2,1H3,(H,26,31). The molecule has 4 rings (SSSR count). The monoisotopic (exact) mass is 435 g/mol. The van der Waals surface area contributed by atoms with Crippen LogP contribution in [0.3, 0.4) is 0 Å². The van der Waals surface area contributed by atoms with Crippen molar-refractivity contribution in [1.29, 1.82) is 0 Å². The van der Waals surface area contributed by atoms with Crippen LogP contribution in [0.1, 0.15) is 40.2 Å². The Hall–Kier alpha value is -3.26. The summed E-state index contributed by atoms with van der Waals surface area (Å²) < 4.78 is 9.60. The molecule has 32 heavy (non-hydrogen) atoms. The summed E-state index contributed by atoms with van der Waals surface area (Å²) in [5.74, 6) is -0.348. The number of carbonyl (C=O) groups excluding carboxylic acids is 1. The van der Waals surface area contributed by atoms with Crippen molar-refractivity contribution >= 4 is 5.91 Å². The molecule has 1 fully saturated rings. The summed E-state index contributed by atoms with van der Waals surface area (Å²) in [5, 5.41) is 6.93. The molecule has 3 heterocycles. The van der Waals surface area contributed by atoms with Gasteiger partial charge in [0.05, 0.1) is 12.6 Å². The number of pyridine rings is 1. The first kappa shape index (κ1) is 22.0. The van der Waals surface area contributed by atoms with E-state index in [1.165, 1.54) is 11.9 Å². The van der Waals surface area contributed by atoms with E-state index in [2.05, 4.69) is 32.1 Å². The molecule has 1 aliphatic heterocycles. The molecule has 168 valence electrons. The van der Waals surface area contributed by atoms with Crippen LogP contribution in [-0.4, -0.2) is 44.5 Å². The highest BCUT2D eigenvalue weighted by Crippen LogP contribution is 2.19. The van der Waals surface area contributed by atoms with Gasteiger partial charge in [-0.1, -0.05) is 30.3 Å². The summed E-state index contributed by atoms with van der Waals surface area (Å²) in [6.07, 6.45) is 6.52. The normalized spacial score (nSPS) is 15.7. The highest BCUT2D eigenvalue weighted by Gasteiger charge is 2.23. The van der Waals surface area contributed by atoms with Gasteiger partial charge in [0, 0.05) is 37.2 Å². The van der Waals surface area contributed by atoms with E-state index in [1.54, 1.807) is 17.1 Å². The molecule has 0 bridgehead atoms. The molecule has 1 atom stereocenters. The van der Waals surface area contributed by atoms with E-state index in [0.717, 1.165) is 37.3 Å². The Bertz CT molecular complexity index is 1090. The Balaban J connectivity index is 1.61. The molecule has 0 aliphatic carbocycles. The topological polar surface area (TPSA) is 91.0 Å². The molecule has 1 saturated heterocycles. The SMILES string of the molecule is Cc1cc(=O)c(C(=O)NCCn2cncn2)c(CCc2ccccc2)n1CC1CCCO1. The van der Waals surface area contributed by atoms with E-state index in [1.807, 2.05) is 25.1 Å². The first-order valence-electron chi connectivity index (χ1n) is 11.1. The smallest absolute Gasteiger partial charge is 0.257 e. The molecular weight excluding hydrogens is 406 g/mol. The van der Waals surface area contributed by atoms with E-state index in [-0.39, 0.29) is 23.0 Å². The third-order valence-electron chi connectivity index (χ3n) is 5.85. The number of rotatable bonds is 9. The number of hydrogen-bond acceptors (Lipinski definition) is 5. The molecule has 1 aromatic carbocycles. The number of nitrogens with one attached hydrogen (secondary N) is 1. The van der Waals surface area contributed by atoms with Crippen LogP contribution < -0.4 is 10.7 Å². The molecule has 1 amide bonds. The molecule has 0 radical (unpaired) electrons. The number of aryl methyl sites for hydroxylation is 2. The quantitative estimate of drug-likeness (QED) is 0.556. The fraction of sp³-hybridized carbons (Fsp3) is 0.417. The average Bonchev–Trinajstić information content (AvgIpc) is 3.49. The molecule has 3 aromatic rings. The maximum atomic E-state index is 13.1. The van der Waals surface area contributed by atoms with Gasteiger partial charge in [0.15, 0.2) is 5.43 Å². The zero-order valence-corrected chi connectivity index (χ0v) is 18.4. The van der Waals surface area contributed by atoms with Crippen LogP contribution in [-0.2, 0) is 30.7 Å². The number of ether oxygens (including phenoxy) is 1. The van der Waals surface area contributed by atoms with Crippen molar-refractivity contribution in [2.24, 2.45) is 0 Å². The van der Waals surface area contributed by atoms with Crippen molar-refractivity contribution in [1.82, 2.24) is 24.6 Å². The van der Waals surface area contributed by atoms with E-state index in [4.69, 9.17) is 4.74 Å². The van der Waals surface area contributed by atoms with Crippen molar-refractivity contribution in [3.05, 3.63) is 81.8 Å². The lowest BCUT2D eigenvalue weighted by Gasteiger charge is -2.22. The van der Waals surface area contributed by atoms with Crippen LogP contribution in [0.2, 0.25) is 0 Å². The fourth-order valence-electron chi connectivity index (χ4n) is 4.21. The van der Waals surface area contributed by atoms with E-state index in [9.17, 15) is 9.59 Å². The minimum Gasteiger partial charge on any atom is -0.376 e. The summed E-state index contributed by atoms with van der Waals surface area (Å²) in [6, 6.07) is 11.7. The number of amides is 1. The van der Waals surface area contributed by atoms with Gasteiger partial charge in [-0.2, -0.15) is 5.10 Å². The molecule has 8 nitrogen and oxygen atoms in total. The zero-order valence-electron chi connectivity index (χ0n) is 18.4. The minimum absolute atomic E-state index is 0.106. The average molecular weight is 436 g/mol. The first-order chi connectivity index (χ1) is 15.6. The third-order valence-corrected chi connectivity index (χ3v) is 5.85. The van der Waals surface area contributed by atoms with Gasteiger partial charge in [-0.3, -0.25) is 14.3 Å². The van der Waals surface area contributed by atoms with Gasteiger partial charge in [-0.15, -0.1) is 0 Å². The van der Waals surface area contributed by atoms with Crippen molar-refractivity contribution < 1.29 is 9.53 Å². The summed E-state index contributed by atoms with van der Waals surface area (Å²) in [5.41, 5.74) is 2.78. The summed E-state index contributed by atoms with van der Waals surface area (Å²) in [6.45, 7) is 4.18. The van der Waals surface area contributed by atoms with E-state index < -0.39 is 0 Å². The summed E-state index contributed by atoms with van der Waals surface area (Å²) in [7, 11) is 0. The van der Waals surface area contributed by atoms with Gasteiger partial charge >= 0.3 is 0 Å². The molecule has 0 spiro atoms. The number of carbonyl (C=O) groups is 1. The Morgan fingerprint density at radius 2 is 2.09 bits per heavy atom. The van der Waals surface area contributed by atoms with Crippen LogP contribution in [0.5, 0.6) is 0 Å². The number of aromatic nitrogens is 4. The molecule has 1 N–H and O–H groups in total. The van der Waals surface area contributed by atoms with Gasteiger partial charge in [-0.05, 0) is 38.2 Å². The minimum atomic E-state index is -0.348. The maximum Gasteiger partial charge on any atom is 0.257 e. The second-order valence-electron chi connectivity index (χ2n) is 8.12. The van der Waals surface area contributed by atoms with Crippen LogP contribution >= 0.6 is 0 Å². The Kier molecular flexibility index (Phi) is 7.11. The van der Waals surface area contributed by atoms with Gasteiger partial charge in [0.1, 0.15) is 18.2 Å². The molecular formula is C24H29N5O3. The lowest BCUT2D eigenvalue weighted by Crippen LogP contribution is -2.35. The van der Waals surface area contributed by atoms with Gasteiger partial charge in [0.2, 0.25) is 0 Å². The maximum absolute atomic E-state index is 13.1. The number of nitrogens with zero attached hydrogens (tertiary/aromatic N) is 4. The second kappa shape index (κ2) is 10.4. The second-order valence-corrected chi connectivity index (χ2v) is 8.12. The van der Waals surface area contributed by atoms with Crippen molar-refractivity contribution in [3.8, 4) is 0 Å². The van der Waals surface area contributed by atoms with Crippen molar-refractivity contribution in [2.45, 2.75) is 51.8 Å². The Morgan fingerprint density at radius 1 is 1.25 bits per heavy atom. The summed E-state index contributed by atoms with van der Waals surface area (Å²) in [4.78, 5) is 30.0. The molecule has 1 unspecified atom stereocenters. The fourth-order valence-corrected chi connectivity index (χ4v) is 4.21. The highest BCUT2D eigenvalue weighted by atomic mass is 16.5. The van der Waals surface area contributed by atoms with Crippen molar-refractivity contribution in [3.63, 3.8) is 0 Å². The Labute approximate surface area is 187 Å². The zero-order chi connectivity index (χ0) is 22.3. The van der Waals surface area contributed by atoms with Gasteiger partial charge < -0.3 is 14.6 Å². The van der Waals surface area contributed by atoms with Crippen LogP contribution in [0, 0.1) is 6.92 Å². The Morgan fingerprint density at radius 3 is 2.81 bits per heavy atom. The van der Waals surface area contributed by atoms with Crippen molar-refractivity contribution in [2.75, 3.05) is 13.2 Å². The van der Waals surface area contributed by atoms with Gasteiger partial charge in [0.25, 0.3) is 5.91 Å². The number of hydrogen-bond donors (Lipinski definition) is 1. The highest BCUT2D eigenvalue weighted by molar-refractivity contribution is 5.95. The van der Waals surface area contributed by atoms with Crippen LogP contribution in [0.15, 0.2) is 53.8 Å². The predicted molar refractivity (Wildman–Crippen MR) is 121 cm³/mol. The van der Waals surface area contributed by atoms with Gasteiger partial charge in [-0.25, -0.2) is 4.98 Å². The number of benzene rings is 1. The largest absolute Gasteiger partial charge is 0.376 e. The molecule has 8 heteroatoms. The molecule has 1 aliphatic rings. The lowest BCUT2D eigenvalue weighted by atomic mass is 10.0. The molecule has 2 aromatic heterocycles. The van der Waals surface area contributed by atoms with E-state index >= 15 is 0 Å². The van der Waals surface area contributed by atoms with Crippen LogP contribution in [0.4, 0.5) is 0 Å². The van der Waals surface area contributed by atoms with E-state index in [0.29, 0.717) is 26.1 Å².